The van der Waals surface area contributed by atoms with Gasteiger partial charge in [-0.05, 0) is 60.2 Å². The average molecular weight is 396 g/mol. The van der Waals surface area contributed by atoms with Crippen molar-refractivity contribution >= 4 is 40.6 Å². The molecule has 142 valence electrons. The summed E-state index contributed by atoms with van der Waals surface area (Å²) in [7, 11) is 0. The van der Waals surface area contributed by atoms with Crippen LogP contribution in [0.2, 0.25) is 0 Å². The van der Waals surface area contributed by atoms with Crippen LogP contribution in [0.3, 0.4) is 0 Å². The Kier molecular flexibility index (Phi) is 6.06. The zero-order valence-electron chi connectivity index (χ0n) is 15.0. The second-order valence-corrected chi connectivity index (χ2v) is 7.12. The number of thioether (sulfide) groups is 1. The minimum absolute atomic E-state index is 0.268. The molecule has 1 fully saturated rings. The topological polar surface area (TPSA) is 66.5 Å². The van der Waals surface area contributed by atoms with Crippen LogP contribution in [0.1, 0.15) is 12.5 Å². The summed E-state index contributed by atoms with van der Waals surface area (Å²) in [6.07, 6.45) is 3.53. The van der Waals surface area contributed by atoms with Crippen LogP contribution in [-0.2, 0) is 9.59 Å². The lowest BCUT2D eigenvalue weighted by Gasteiger charge is -2.12. The molecule has 0 atom stereocenters. The maximum atomic E-state index is 12.9. The molecule has 28 heavy (non-hydrogen) atoms. The van der Waals surface area contributed by atoms with Crippen molar-refractivity contribution in [3.8, 4) is 0 Å². The van der Waals surface area contributed by atoms with Gasteiger partial charge in [0.1, 0.15) is 12.4 Å². The van der Waals surface area contributed by atoms with E-state index in [1.165, 1.54) is 24.3 Å². The molecule has 1 N–H and O–H groups in total. The highest BCUT2D eigenvalue weighted by atomic mass is 32.2. The Labute approximate surface area is 165 Å². The molecule has 0 aromatic heterocycles. The van der Waals surface area contributed by atoms with Gasteiger partial charge in [-0.1, -0.05) is 36.4 Å². The highest BCUT2D eigenvalue weighted by Gasteiger charge is 2.36. The lowest BCUT2D eigenvalue weighted by molar-refractivity contribution is -0.127. The number of carbonyl (C=O) groups is 3. The van der Waals surface area contributed by atoms with Crippen LogP contribution in [0.15, 0.2) is 71.2 Å². The molecule has 3 amide bonds. The molecule has 0 bridgehead atoms. The molecule has 2 aromatic carbocycles. The van der Waals surface area contributed by atoms with E-state index in [9.17, 15) is 18.8 Å². The minimum Gasteiger partial charge on any atom is -0.325 e. The summed E-state index contributed by atoms with van der Waals surface area (Å²) in [6.45, 7) is 1.43. The van der Waals surface area contributed by atoms with Crippen molar-refractivity contribution in [2.45, 2.75) is 6.92 Å². The Balaban J connectivity index is 1.66. The number of allylic oxidation sites excluding steroid dienone is 2. The fraction of sp³-hybridized carbons (Fsp3) is 0.0952. The van der Waals surface area contributed by atoms with Crippen LogP contribution < -0.4 is 5.32 Å². The van der Waals surface area contributed by atoms with Crippen molar-refractivity contribution in [2.75, 3.05) is 11.9 Å². The van der Waals surface area contributed by atoms with Crippen LogP contribution in [0.4, 0.5) is 14.9 Å². The summed E-state index contributed by atoms with van der Waals surface area (Å²) in [4.78, 5) is 37.9. The van der Waals surface area contributed by atoms with Crippen LogP contribution in [0.25, 0.3) is 6.08 Å². The zero-order chi connectivity index (χ0) is 20.1. The van der Waals surface area contributed by atoms with Crippen molar-refractivity contribution in [2.24, 2.45) is 0 Å². The molecular weight excluding hydrogens is 379 g/mol. The van der Waals surface area contributed by atoms with Crippen molar-refractivity contribution in [1.82, 2.24) is 4.90 Å². The lowest BCUT2D eigenvalue weighted by Crippen LogP contribution is -2.36. The number of hydrogen-bond acceptors (Lipinski definition) is 4. The molecule has 0 unspecified atom stereocenters. The lowest BCUT2D eigenvalue weighted by atomic mass is 10.1. The molecule has 0 saturated carbocycles. The van der Waals surface area contributed by atoms with E-state index < -0.39 is 29.4 Å². The summed E-state index contributed by atoms with van der Waals surface area (Å²) < 4.78 is 12.9. The third-order valence-electron chi connectivity index (χ3n) is 3.86. The Morgan fingerprint density at radius 2 is 1.79 bits per heavy atom. The molecule has 1 aliphatic rings. The first kappa shape index (κ1) is 19.6. The molecule has 5 nitrogen and oxygen atoms in total. The number of imide groups is 1. The van der Waals surface area contributed by atoms with Crippen LogP contribution in [0.5, 0.6) is 0 Å². The molecule has 0 spiro atoms. The van der Waals surface area contributed by atoms with Gasteiger partial charge in [0, 0.05) is 5.69 Å². The van der Waals surface area contributed by atoms with Gasteiger partial charge in [0.15, 0.2) is 0 Å². The Hall–Kier alpha value is -3.19. The number of hydrogen-bond donors (Lipinski definition) is 1. The van der Waals surface area contributed by atoms with Gasteiger partial charge in [-0.25, -0.2) is 4.39 Å². The van der Waals surface area contributed by atoms with Crippen LogP contribution >= 0.6 is 11.8 Å². The Morgan fingerprint density at radius 3 is 2.46 bits per heavy atom. The fourth-order valence-corrected chi connectivity index (χ4v) is 3.46. The molecule has 1 heterocycles. The first-order valence-corrected chi connectivity index (χ1v) is 9.28. The number of rotatable bonds is 5. The number of amides is 3. The maximum Gasteiger partial charge on any atom is 0.294 e. The summed E-state index contributed by atoms with van der Waals surface area (Å²) in [5.41, 5.74) is 2.18. The quantitative estimate of drug-likeness (QED) is 0.759. The van der Waals surface area contributed by atoms with Gasteiger partial charge in [0.25, 0.3) is 11.1 Å². The standard InChI is InChI=1S/C21H17FN2O3S/c1-14(11-15-5-3-2-4-6-15)12-18-20(26)24(21(27)28-18)13-19(25)23-17-9-7-16(22)8-10-17/h2-12H,13H2,1H3,(H,23,25)/b14-11+,18-12-. The minimum atomic E-state index is -0.535. The Morgan fingerprint density at radius 1 is 1.11 bits per heavy atom. The zero-order valence-corrected chi connectivity index (χ0v) is 15.8. The first-order valence-electron chi connectivity index (χ1n) is 8.46. The van der Waals surface area contributed by atoms with E-state index >= 15 is 0 Å². The van der Waals surface area contributed by atoms with Gasteiger partial charge in [-0.2, -0.15) is 0 Å². The number of nitrogens with one attached hydrogen (secondary N) is 1. The molecule has 3 rings (SSSR count). The second-order valence-electron chi connectivity index (χ2n) is 6.12. The highest BCUT2D eigenvalue weighted by Crippen LogP contribution is 2.31. The van der Waals surface area contributed by atoms with Crippen molar-refractivity contribution in [3.63, 3.8) is 0 Å². The largest absolute Gasteiger partial charge is 0.325 e. The highest BCUT2D eigenvalue weighted by molar-refractivity contribution is 8.18. The number of benzene rings is 2. The van der Waals surface area contributed by atoms with E-state index in [0.717, 1.165) is 27.8 Å². The van der Waals surface area contributed by atoms with Gasteiger partial charge in [0.05, 0.1) is 4.91 Å². The number of carbonyl (C=O) groups excluding carboxylic acids is 3. The van der Waals surface area contributed by atoms with E-state index in [4.69, 9.17) is 0 Å². The van der Waals surface area contributed by atoms with Gasteiger partial charge < -0.3 is 5.32 Å². The van der Waals surface area contributed by atoms with Crippen molar-refractivity contribution in [1.29, 1.82) is 0 Å². The van der Waals surface area contributed by atoms with E-state index in [1.807, 2.05) is 43.3 Å². The summed E-state index contributed by atoms with van der Waals surface area (Å²) in [6, 6.07) is 14.8. The predicted molar refractivity (Wildman–Crippen MR) is 108 cm³/mol. The third-order valence-corrected chi connectivity index (χ3v) is 4.76. The van der Waals surface area contributed by atoms with E-state index in [2.05, 4.69) is 5.32 Å². The molecule has 1 aliphatic heterocycles. The van der Waals surface area contributed by atoms with Crippen LogP contribution in [-0.4, -0.2) is 28.5 Å². The normalized spacial score (nSPS) is 16.0. The average Bonchev–Trinajstić information content (AvgIpc) is 2.91. The van der Waals surface area contributed by atoms with Gasteiger partial charge >= 0.3 is 0 Å². The van der Waals surface area contributed by atoms with E-state index in [0.29, 0.717) is 5.69 Å². The maximum absolute atomic E-state index is 12.9. The molecular formula is C21H17FN2O3S. The predicted octanol–water partition coefficient (Wildman–Crippen LogP) is 4.45. The molecule has 0 radical (unpaired) electrons. The smallest absolute Gasteiger partial charge is 0.294 e. The number of halogens is 1. The number of anilines is 1. The monoisotopic (exact) mass is 396 g/mol. The van der Waals surface area contributed by atoms with Gasteiger partial charge in [0.2, 0.25) is 5.91 Å². The summed E-state index contributed by atoms with van der Waals surface area (Å²) >= 11 is 0.799. The summed E-state index contributed by atoms with van der Waals surface area (Å²) in [5.74, 6) is -1.47. The first-order chi connectivity index (χ1) is 13.4. The summed E-state index contributed by atoms with van der Waals surface area (Å²) in [5, 5.41) is 2.03. The fourth-order valence-electron chi connectivity index (χ4n) is 2.57. The second kappa shape index (κ2) is 8.67. The van der Waals surface area contributed by atoms with Crippen LogP contribution in [0, 0.1) is 5.82 Å². The molecule has 1 saturated heterocycles. The number of nitrogens with zero attached hydrogens (tertiary/aromatic N) is 1. The van der Waals surface area contributed by atoms with Crippen molar-refractivity contribution in [3.05, 3.63) is 82.5 Å². The molecule has 2 aromatic rings. The van der Waals surface area contributed by atoms with E-state index in [1.54, 1.807) is 6.08 Å². The molecule has 0 aliphatic carbocycles. The van der Waals surface area contributed by atoms with Gasteiger partial charge in [-0.15, -0.1) is 0 Å². The van der Waals surface area contributed by atoms with Crippen molar-refractivity contribution < 1.29 is 18.8 Å². The molecule has 7 heteroatoms. The Bertz CT molecular complexity index is 969. The third kappa shape index (κ3) is 4.95. The SMILES string of the molecule is CC(/C=C1\SC(=O)N(CC(=O)Nc2ccc(F)cc2)C1=O)=C\c1ccccc1. The van der Waals surface area contributed by atoms with E-state index in [-0.39, 0.29) is 4.91 Å². The van der Waals surface area contributed by atoms with Gasteiger partial charge in [-0.3, -0.25) is 19.3 Å².